The van der Waals surface area contributed by atoms with Crippen molar-refractivity contribution in [1.82, 2.24) is 19.6 Å². The third-order valence-corrected chi connectivity index (χ3v) is 3.94. The van der Waals surface area contributed by atoms with Crippen molar-refractivity contribution in [2.45, 2.75) is 19.4 Å². The normalized spacial score (nSPS) is 11.6. The molecule has 0 aliphatic carbocycles. The van der Waals surface area contributed by atoms with Crippen LogP contribution in [0.25, 0.3) is 5.69 Å². The third kappa shape index (κ3) is 3.52. The summed E-state index contributed by atoms with van der Waals surface area (Å²) in [6.07, 6.45) is 4.01. The summed E-state index contributed by atoms with van der Waals surface area (Å²) in [5.41, 5.74) is 0.680. The number of carbonyl (C=O) groups is 1. The molecule has 0 aliphatic heterocycles. The van der Waals surface area contributed by atoms with Crippen LogP contribution in [-0.2, 0) is 4.79 Å². The molecular weight excluding hydrogens is 350 g/mol. The summed E-state index contributed by atoms with van der Waals surface area (Å²) in [4.78, 5) is 23.0. The Balaban J connectivity index is 1.91. The van der Waals surface area contributed by atoms with Crippen LogP contribution >= 0.6 is 0 Å². The topological polar surface area (TPSA) is 132 Å². The van der Waals surface area contributed by atoms with E-state index in [0.29, 0.717) is 12.1 Å². The summed E-state index contributed by atoms with van der Waals surface area (Å²) >= 11 is 0. The average Bonchev–Trinajstić information content (AvgIpc) is 3.30. The van der Waals surface area contributed by atoms with Gasteiger partial charge in [0.15, 0.2) is 5.82 Å². The highest BCUT2D eigenvalue weighted by Crippen LogP contribution is 2.22. The standard InChI is InChI=1S/C17H15N7O3/c1-2-15(22-11-14(10-19-22)24(26)27)17(25)21-16-12(8-18)9-20-23(16)13-6-4-3-5-7-13/h3-7,9-11,15H,2H2,1H3,(H,21,25). The number of para-hydroxylation sites is 1. The maximum absolute atomic E-state index is 12.8. The Morgan fingerprint density at radius 1 is 1.33 bits per heavy atom. The Morgan fingerprint density at radius 2 is 2.07 bits per heavy atom. The fraction of sp³-hybridized carbons (Fsp3) is 0.176. The summed E-state index contributed by atoms with van der Waals surface area (Å²) in [6.45, 7) is 1.76. The predicted molar refractivity (Wildman–Crippen MR) is 95.1 cm³/mol. The molecule has 10 nitrogen and oxygen atoms in total. The number of anilines is 1. The molecule has 0 saturated heterocycles. The van der Waals surface area contributed by atoms with E-state index in [1.807, 2.05) is 24.3 Å². The molecule has 0 spiro atoms. The number of hydrogen-bond acceptors (Lipinski definition) is 6. The van der Waals surface area contributed by atoms with Gasteiger partial charge in [0.1, 0.15) is 30.1 Å². The number of nitrogens with zero attached hydrogens (tertiary/aromatic N) is 6. The second kappa shape index (κ2) is 7.49. The van der Waals surface area contributed by atoms with Crippen molar-refractivity contribution in [3.05, 3.63) is 64.6 Å². The van der Waals surface area contributed by atoms with Gasteiger partial charge >= 0.3 is 5.69 Å². The Morgan fingerprint density at radius 3 is 2.67 bits per heavy atom. The highest BCUT2D eigenvalue weighted by molar-refractivity contribution is 5.94. The number of nitriles is 1. The Hall–Kier alpha value is -4.00. The van der Waals surface area contributed by atoms with E-state index >= 15 is 0 Å². The van der Waals surface area contributed by atoms with E-state index in [4.69, 9.17) is 0 Å². The minimum atomic E-state index is -0.774. The Kier molecular flexibility index (Phi) is 4.94. The Bertz CT molecular complexity index is 1020. The van der Waals surface area contributed by atoms with Crippen LogP contribution in [0.2, 0.25) is 0 Å². The predicted octanol–water partition coefficient (Wildman–Crippen LogP) is 2.44. The maximum Gasteiger partial charge on any atom is 0.307 e. The number of amides is 1. The first-order valence-corrected chi connectivity index (χ1v) is 8.08. The monoisotopic (exact) mass is 365 g/mol. The fourth-order valence-corrected chi connectivity index (χ4v) is 2.60. The van der Waals surface area contributed by atoms with Crippen LogP contribution in [0.3, 0.4) is 0 Å². The lowest BCUT2D eigenvalue weighted by atomic mass is 10.2. The van der Waals surface area contributed by atoms with Crippen molar-refractivity contribution >= 4 is 17.4 Å². The van der Waals surface area contributed by atoms with Gasteiger partial charge in [0.05, 0.1) is 16.8 Å². The molecule has 0 saturated carbocycles. The van der Waals surface area contributed by atoms with Crippen LogP contribution in [0.5, 0.6) is 0 Å². The van der Waals surface area contributed by atoms with E-state index in [0.717, 1.165) is 6.20 Å². The van der Waals surface area contributed by atoms with Crippen LogP contribution in [0.1, 0.15) is 24.9 Å². The number of aromatic nitrogens is 4. The zero-order chi connectivity index (χ0) is 19.4. The zero-order valence-corrected chi connectivity index (χ0v) is 14.3. The molecule has 0 radical (unpaired) electrons. The number of nitro groups is 1. The number of rotatable bonds is 6. The van der Waals surface area contributed by atoms with Gasteiger partial charge in [-0.1, -0.05) is 25.1 Å². The first-order chi connectivity index (χ1) is 13.0. The molecule has 1 amide bonds. The number of carbonyl (C=O) groups excluding carboxylic acids is 1. The summed E-state index contributed by atoms with van der Waals surface area (Å²) in [5, 5.41) is 30.9. The third-order valence-electron chi connectivity index (χ3n) is 3.94. The average molecular weight is 365 g/mol. The van der Waals surface area contributed by atoms with Gasteiger partial charge in [-0.25, -0.2) is 4.68 Å². The molecule has 2 heterocycles. The first kappa shape index (κ1) is 17.8. The van der Waals surface area contributed by atoms with Gasteiger partial charge in [-0.3, -0.25) is 19.6 Å². The minimum absolute atomic E-state index is 0.201. The van der Waals surface area contributed by atoms with Gasteiger partial charge in [-0.15, -0.1) is 0 Å². The molecular formula is C17H15N7O3. The van der Waals surface area contributed by atoms with E-state index in [2.05, 4.69) is 15.5 Å². The van der Waals surface area contributed by atoms with Crippen LogP contribution in [0.15, 0.2) is 48.9 Å². The molecule has 0 fully saturated rings. The van der Waals surface area contributed by atoms with Crippen LogP contribution in [0, 0.1) is 21.4 Å². The van der Waals surface area contributed by atoms with Crippen molar-refractivity contribution < 1.29 is 9.72 Å². The van der Waals surface area contributed by atoms with Gasteiger partial charge in [0.25, 0.3) is 0 Å². The molecule has 0 bridgehead atoms. The van der Waals surface area contributed by atoms with Crippen LogP contribution in [-0.4, -0.2) is 30.4 Å². The quantitative estimate of drug-likeness (QED) is 0.527. The van der Waals surface area contributed by atoms with E-state index in [1.54, 1.807) is 19.1 Å². The first-order valence-electron chi connectivity index (χ1n) is 8.08. The van der Waals surface area contributed by atoms with Gasteiger partial charge in [-0.05, 0) is 18.6 Å². The van der Waals surface area contributed by atoms with Crippen molar-refractivity contribution in [3.8, 4) is 11.8 Å². The van der Waals surface area contributed by atoms with E-state index in [9.17, 15) is 20.2 Å². The van der Waals surface area contributed by atoms with Gasteiger partial charge < -0.3 is 5.32 Å². The van der Waals surface area contributed by atoms with Gasteiger partial charge in [0.2, 0.25) is 5.91 Å². The smallest absolute Gasteiger partial charge is 0.307 e. The molecule has 136 valence electrons. The van der Waals surface area contributed by atoms with Gasteiger partial charge in [0, 0.05) is 0 Å². The second-order valence-corrected chi connectivity index (χ2v) is 5.61. The molecule has 3 aromatic rings. The highest BCUT2D eigenvalue weighted by atomic mass is 16.6. The molecule has 2 aromatic heterocycles. The minimum Gasteiger partial charge on any atom is -0.308 e. The van der Waals surface area contributed by atoms with Gasteiger partial charge in [-0.2, -0.15) is 15.5 Å². The van der Waals surface area contributed by atoms with Crippen molar-refractivity contribution in [2.24, 2.45) is 0 Å². The Labute approximate surface area is 153 Å². The van der Waals surface area contributed by atoms with Crippen molar-refractivity contribution in [2.75, 3.05) is 5.32 Å². The summed E-state index contributed by atoms with van der Waals surface area (Å²) in [5.74, 6) is -0.224. The van der Waals surface area contributed by atoms with E-state index < -0.39 is 16.9 Å². The summed E-state index contributed by atoms with van der Waals surface area (Å²) in [6, 6.07) is 10.3. The lowest BCUT2D eigenvalue weighted by Crippen LogP contribution is -2.27. The SMILES string of the molecule is CCC(C(=O)Nc1c(C#N)cnn1-c1ccccc1)n1cc([N+](=O)[O-])cn1. The molecule has 0 aliphatic rings. The molecule has 1 aromatic carbocycles. The molecule has 1 N–H and O–H groups in total. The lowest BCUT2D eigenvalue weighted by Gasteiger charge is -2.16. The fourth-order valence-electron chi connectivity index (χ4n) is 2.60. The van der Waals surface area contributed by atoms with Crippen LogP contribution < -0.4 is 5.32 Å². The summed E-state index contributed by atoms with van der Waals surface area (Å²) in [7, 11) is 0. The van der Waals surface area contributed by atoms with Crippen molar-refractivity contribution in [1.29, 1.82) is 5.26 Å². The van der Waals surface area contributed by atoms with E-state index in [1.165, 1.54) is 21.8 Å². The van der Waals surface area contributed by atoms with Crippen LogP contribution in [0.4, 0.5) is 11.5 Å². The largest absolute Gasteiger partial charge is 0.308 e. The molecule has 1 unspecified atom stereocenters. The molecule has 3 rings (SSSR count). The summed E-state index contributed by atoms with van der Waals surface area (Å²) < 4.78 is 2.69. The molecule has 27 heavy (non-hydrogen) atoms. The zero-order valence-electron chi connectivity index (χ0n) is 14.3. The number of benzene rings is 1. The van der Waals surface area contributed by atoms with Crippen molar-refractivity contribution in [3.63, 3.8) is 0 Å². The second-order valence-electron chi connectivity index (χ2n) is 5.61. The van der Waals surface area contributed by atoms with E-state index in [-0.39, 0.29) is 17.1 Å². The highest BCUT2D eigenvalue weighted by Gasteiger charge is 2.24. The lowest BCUT2D eigenvalue weighted by molar-refractivity contribution is -0.385. The number of nitrogens with one attached hydrogen (secondary N) is 1. The molecule has 10 heteroatoms. The molecule has 1 atom stereocenters. The number of hydrogen-bond donors (Lipinski definition) is 1. The maximum atomic E-state index is 12.8.